The molecule has 0 aliphatic carbocycles. The zero-order valence-electron chi connectivity index (χ0n) is 11.9. The number of halogens is 1. The molecule has 1 atom stereocenters. The van der Waals surface area contributed by atoms with Gasteiger partial charge in [-0.05, 0) is 19.4 Å². The van der Waals surface area contributed by atoms with Crippen molar-refractivity contribution in [2.24, 2.45) is 0 Å². The minimum atomic E-state index is -0.431. The van der Waals surface area contributed by atoms with Gasteiger partial charge in [0.1, 0.15) is 6.10 Å². The van der Waals surface area contributed by atoms with Gasteiger partial charge in [-0.15, -0.1) is 0 Å². The smallest absolute Gasteiger partial charge is 0.186 e. The fraction of sp³-hybridized carbons (Fsp3) is 0.333. The van der Waals surface area contributed by atoms with Crippen molar-refractivity contribution in [1.29, 1.82) is 0 Å². The number of benzene rings is 1. The van der Waals surface area contributed by atoms with Gasteiger partial charge < -0.3 is 10.1 Å². The summed E-state index contributed by atoms with van der Waals surface area (Å²) in [6.45, 7) is 4.05. The normalized spacial score (nSPS) is 12.2. The maximum absolute atomic E-state index is 13.8. The molecule has 0 spiro atoms. The van der Waals surface area contributed by atoms with Crippen molar-refractivity contribution in [1.82, 2.24) is 9.97 Å². The first-order valence-electron chi connectivity index (χ1n) is 6.55. The number of nitrogens with one attached hydrogen (secondary N) is 1. The highest BCUT2D eigenvalue weighted by Gasteiger charge is 2.20. The highest BCUT2D eigenvalue weighted by Crippen LogP contribution is 2.25. The van der Waals surface area contributed by atoms with Crippen LogP contribution in [0, 0.1) is 12.7 Å². The second kappa shape index (κ2) is 6.43. The Morgan fingerprint density at radius 1 is 1.25 bits per heavy atom. The van der Waals surface area contributed by atoms with Crippen molar-refractivity contribution in [3.63, 3.8) is 0 Å². The number of aromatic nitrogens is 2. The molecule has 0 aliphatic heterocycles. The van der Waals surface area contributed by atoms with E-state index >= 15 is 0 Å². The summed E-state index contributed by atoms with van der Waals surface area (Å²) in [5.41, 5.74) is 1.25. The maximum Gasteiger partial charge on any atom is 0.186 e. The SMILES string of the molecule is CCOC(c1ccccc1)c1nc(C)c(F)c(NC)n1. The Morgan fingerprint density at radius 2 is 1.95 bits per heavy atom. The van der Waals surface area contributed by atoms with E-state index in [1.54, 1.807) is 14.0 Å². The van der Waals surface area contributed by atoms with Gasteiger partial charge in [0.15, 0.2) is 17.5 Å². The standard InChI is InChI=1S/C15H18FN3O/c1-4-20-13(11-8-6-5-7-9-11)15-18-10(2)12(16)14(17-3)19-15/h5-9,13H,4H2,1-3H3,(H,17,18,19). The maximum atomic E-state index is 13.8. The van der Waals surface area contributed by atoms with E-state index in [-0.39, 0.29) is 5.82 Å². The third kappa shape index (κ3) is 2.93. The molecule has 4 nitrogen and oxygen atoms in total. The van der Waals surface area contributed by atoms with Crippen molar-refractivity contribution < 1.29 is 9.13 Å². The summed E-state index contributed by atoms with van der Waals surface area (Å²) in [4.78, 5) is 8.45. The van der Waals surface area contributed by atoms with Crippen molar-refractivity contribution in [3.8, 4) is 0 Å². The topological polar surface area (TPSA) is 47.0 Å². The molecular formula is C15H18FN3O. The van der Waals surface area contributed by atoms with E-state index in [4.69, 9.17) is 4.74 Å². The largest absolute Gasteiger partial charge is 0.371 e. The molecule has 1 aromatic carbocycles. The molecule has 0 aliphatic rings. The Kier molecular flexibility index (Phi) is 4.63. The monoisotopic (exact) mass is 275 g/mol. The minimum Gasteiger partial charge on any atom is -0.371 e. The molecule has 0 fully saturated rings. The molecule has 1 unspecified atom stereocenters. The average Bonchev–Trinajstić information content (AvgIpc) is 2.48. The van der Waals surface area contributed by atoms with Gasteiger partial charge in [-0.1, -0.05) is 30.3 Å². The van der Waals surface area contributed by atoms with E-state index in [0.29, 0.717) is 18.1 Å². The molecule has 0 bridgehead atoms. The van der Waals surface area contributed by atoms with Crippen LogP contribution < -0.4 is 5.32 Å². The Labute approximate surface area is 118 Å². The van der Waals surface area contributed by atoms with Gasteiger partial charge in [0.05, 0.1) is 5.69 Å². The van der Waals surface area contributed by atoms with Crippen LogP contribution in [-0.2, 0) is 4.74 Å². The third-order valence-electron chi connectivity index (χ3n) is 2.94. The van der Waals surface area contributed by atoms with E-state index in [2.05, 4.69) is 15.3 Å². The van der Waals surface area contributed by atoms with E-state index in [1.165, 1.54) is 0 Å². The molecule has 0 saturated carbocycles. The number of rotatable bonds is 5. The minimum absolute atomic E-state index is 0.188. The predicted molar refractivity (Wildman–Crippen MR) is 76.2 cm³/mol. The highest BCUT2D eigenvalue weighted by atomic mass is 19.1. The quantitative estimate of drug-likeness (QED) is 0.911. The van der Waals surface area contributed by atoms with Crippen LogP contribution in [0.4, 0.5) is 10.2 Å². The summed E-state index contributed by atoms with van der Waals surface area (Å²) >= 11 is 0. The average molecular weight is 275 g/mol. The lowest BCUT2D eigenvalue weighted by atomic mass is 10.1. The lowest BCUT2D eigenvalue weighted by molar-refractivity contribution is 0.0849. The van der Waals surface area contributed by atoms with Crippen molar-refractivity contribution in [2.75, 3.05) is 19.0 Å². The Hall–Kier alpha value is -2.01. The lowest BCUT2D eigenvalue weighted by Gasteiger charge is -2.17. The van der Waals surface area contributed by atoms with Gasteiger partial charge in [0, 0.05) is 13.7 Å². The van der Waals surface area contributed by atoms with Crippen LogP contribution in [0.15, 0.2) is 30.3 Å². The molecule has 5 heteroatoms. The molecule has 1 aromatic heterocycles. The van der Waals surface area contributed by atoms with Crippen LogP contribution in [0.3, 0.4) is 0 Å². The van der Waals surface area contributed by atoms with Crippen LogP contribution in [0.25, 0.3) is 0 Å². The molecule has 2 aromatic rings. The van der Waals surface area contributed by atoms with Crippen molar-refractivity contribution in [2.45, 2.75) is 20.0 Å². The summed E-state index contributed by atoms with van der Waals surface area (Å²) in [7, 11) is 1.63. The molecule has 2 rings (SSSR count). The van der Waals surface area contributed by atoms with Gasteiger partial charge in [0.25, 0.3) is 0 Å². The zero-order chi connectivity index (χ0) is 14.5. The fourth-order valence-electron chi connectivity index (χ4n) is 1.98. The van der Waals surface area contributed by atoms with E-state index in [1.807, 2.05) is 37.3 Å². The van der Waals surface area contributed by atoms with Crippen LogP contribution >= 0.6 is 0 Å². The van der Waals surface area contributed by atoms with Crippen LogP contribution in [0.5, 0.6) is 0 Å². The van der Waals surface area contributed by atoms with Gasteiger partial charge in [-0.3, -0.25) is 0 Å². The van der Waals surface area contributed by atoms with Crippen LogP contribution in [0.2, 0.25) is 0 Å². The van der Waals surface area contributed by atoms with E-state index in [0.717, 1.165) is 5.56 Å². The summed E-state index contributed by atoms with van der Waals surface area (Å²) < 4.78 is 19.5. The summed E-state index contributed by atoms with van der Waals surface area (Å²) in [5, 5.41) is 2.74. The molecular weight excluding hydrogens is 257 g/mol. The first-order chi connectivity index (χ1) is 9.67. The summed E-state index contributed by atoms with van der Waals surface area (Å²) in [5.74, 6) is 0.217. The van der Waals surface area contributed by atoms with Crippen molar-refractivity contribution in [3.05, 3.63) is 53.2 Å². The zero-order valence-corrected chi connectivity index (χ0v) is 11.9. The first-order valence-corrected chi connectivity index (χ1v) is 6.55. The lowest BCUT2D eigenvalue weighted by Crippen LogP contribution is -2.14. The number of hydrogen-bond donors (Lipinski definition) is 1. The number of hydrogen-bond acceptors (Lipinski definition) is 4. The van der Waals surface area contributed by atoms with Gasteiger partial charge in [-0.2, -0.15) is 0 Å². The molecule has 106 valence electrons. The summed E-state index contributed by atoms with van der Waals surface area (Å²) in [6, 6.07) is 9.68. The van der Waals surface area contributed by atoms with Crippen LogP contribution in [0.1, 0.15) is 30.1 Å². The third-order valence-corrected chi connectivity index (χ3v) is 2.94. The molecule has 1 heterocycles. The molecule has 0 radical (unpaired) electrons. The van der Waals surface area contributed by atoms with Gasteiger partial charge >= 0.3 is 0 Å². The van der Waals surface area contributed by atoms with E-state index in [9.17, 15) is 4.39 Å². The molecule has 0 saturated heterocycles. The predicted octanol–water partition coefficient (Wildman–Crippen LogP) is 3.09. The number of aryl methyl sites for hydroxylation is 1. The molecule has 20 heavy (non-hydrogen) atoms. The van der Waals surface area contributed by atoms with Gasteiger partial charge in [0.2, 0.25) is 0 Å². The number of nitrogens with zero attached hydrogens (tertiary/aromatic N) is 2. The van der Waals surface area contributed by atoms with Gasteiger partial charge in [-0.25, -0.2) is 14.4 Å². The fourth-order valence-corrected chi connectivity index (χ4v) is 1.98. The molecule has 1 N–H and O–H groups in total. The molecule has 0 amide bonds. The second-order valence-corrected chi connectivity index (χ2v) is 4.33. The van der Waals surface area contributed by atoms with Crippen LogP contribution in [-0.4, -0.2) is 23.6 Å². The Bertz CT molecular complexity index is 575. The Morgan fingerprint density at radius 3 is 2.55 bits per heavy atom. The van der Waals surface area contributed by atoms with E-state index < -0.39 is 11.9 Å². The number of anilines is 1. The Balaban J connectivity index is 2.47. The highest BCUT2D eigenvalue weighted by molar-refractivity contribution is 5.38. The van der Waals surface area contributed by atoms with Crippen molar-refractivity contribution >= 4 is 5.82 Å². The second-order valence-electron chi connectivity index (χ2n) is 4.33. The summed E-state index contributed by atoms with van der Waals surface area (Å²) in [6.07, 6.45) is -0.396. The first kappa shape index (κ1) is 14.4. The number of ether oxygens (including phenoxy) is 1.